The van der Waals surface area contributed by atoms with Crippen LogP contribution in [0.15, 0.2) is 21.5 Å². The van der Waals surface area contributed by atoms with E-state index in [2.05, 4.69) is 20.5 Å². The van der Waals surface area contributed by atoms with Gasteiger partial charge in [0.2, 0.25) is 0 Å². The summed E-state index contributed by atoms with van der Waals surface area (Å²) in [4.78, 5) is 20.8. The maximum Gasteiger partial charge on any atom is 0.410 e. The Morgan fingerprint density at radius 1 is 1.19 bits per heavy atom. The van der Waals surface area contributed by atoms with E-state index in [1.807, 2.05) is 40.7 Å². The van der Waals surface area contributed by atoms with Gasteiger partial charge in [-0.05, 0) is 53.7 Å². The number of amides is 1. The van der Waals surface area contributed by atoms with Gasteiger partial charge in [-0.3, -0.25) is 4.90 Å². The molecule has 1 unspecified atom stereocenters. The van der Waals surface area contributed by atoms with Gasteiger partial charge in [-0.1, -0.05) is 0 Å². The van der Waals surface area contributed by atoms with Gasteiger partial charge in [0.05, 0.1) is 6.54 Å². The number of nitrogens with zero attached hydrogens (tertiary/aromatic N) is 3. The third-order valence-corrected chi connectivity index (χ3v) is 4.90. The first kappa shape index (κ1) is 25.0. The van der Waals surface area contributed by atoms with E-state index in [4.69, 9.17) is 9.15 Å². The first-order valence-electron chi connectivity index (χ1n) is 11.0. The van der Waals surface area contributed by atoms with Crippen LogP contribution in [0.25, 0.3) is 0 Å². The standard InChI is InChI=1S/C22H39N5O4/c1-7-23-19(25-16-22(6,29)18-9-8-17(2)30-18)24-10-11-26-12-14-27(15-13-26)20(28)31-21(3,4)5/h8-9,29H,7,10-16H2,1-6H3,(H2,23,24,25). The number of rotatable bonds is 7. The van der Waals surface area contributed by atoms with Crippen LogP contribution >= 0.6 is 0 Å². The summed E-state index contributed by atoms with van der Waals surface area (Å²) in [7, 11) is 0. The van der Waals surface area contributed by atoms with Crippen LogP contribution in [0, 0.1) is 6.92 Å². The number of furan rings is 1. The monoisotopic (exact) mass is 437 g/mol. The number of guanidine groups is 1. The lowest BCUT2D eigenvalue weighted by atomic mass is 10.0. The summed E-state index contributed by atoms with van der Waals surface area (Å²) in [5, 5.41) is 17.2. The number of nitrogens with one attached hydrogen (secondary N) is 2. The first-order chi connectivity index (χ1) is 14.5. The van der Waals surface area contributed by atoms with E-state index in [0.29, 0.717) is 31.4 Å². The predicted molar refractivity (Wildman–Crippen MR) is 121 cm³/mol. The number of ether oxygens (including phenoxy) is 1. The molecule has 0 aromatic carbocycles. The fourth-order valence-corrected chi connectivity index (χ4v) is 3.19. The van der Waals surface area contributed by atoms with E-state index < -0.39 is 11.2 Å². The molecular formula is C22H39N5O4. The van der Waals surface area contributed by atoms with Crippen LogP contribution in [0.3, 0.4) is 0 Å². The second kappa shape index (κ2) is 10.9. The number of piperazine rings is 1. The molecule has 1 amide bonds. The lowest BCUT2D eigenvalue weighted by Crippen LogP contribution is -2.51. The van der Waals surface area contributed by atoms with Crippen LogP contribution < -0.4 is 10.6 Å². The molecule has 1 aliphatic heterocycles. The van der Waals surface area contributed by atoms with Crippen molar-refractivity contribution in [2.45, 2.75) is 52.7 Å². The molecule has 1 atom stereocenters. The third-order valence-electron chi connectivity index (χ3n) is 4.90. The zero-order valence-corrected chi connectivity index (χ0v) is 19.8. The van der Waals surface area contributed by atoms with E-state index in [-0.39, 0.29) is 12.6 Å². The van der Waals surface area contributed by atoms with Crippen LogP contribution in [0.5, 0.6) is 0 Å². The Balaban J connectivity index is 1.77. The van der Waals surface area contributed by atoms with Gasteiger partial charge in [-0.2, -0.15) is 0 Å². The molecule has 0 bridgehead atoms. The largest absolute Gasteiger partial charge is 0.463 e. The second-order valence-corrected chi connectivity index (χ2v) is 9.12. The molecule has 2 rings (SSSR count). The number of hydrogen-bond acceptors (Lipinski definition) is 6. The molecule has 1 aliphatic rings. The normalized spacial score (nSPS) is 17.9. The minimum absolute atomic E-state index is 0.184. The van der Waals surface area contributed by atoms with E-state index >= 15 is 0 Å². The highest BCUT2D eigenvalue weighted by Gasteiger charge is 2.27. The molecule has 0 aliphatic carbocycles. The maximum absolute atomic E-state index is 12.2. The zero-order chi connectivity index (χ0) is 23.1. The summed E-state index contributed by atoms with van der Waals surface area (Å²) < 4.78 is 11.0. The van der Waals surface area contributed by atoms with E-state index in [1.165, 1.54) is 0 Å². The molecule has 1 aromatic rings. The fraction of sp³-hybridized carbons (Fsp3) is 0.727. The topological polar surface area (TPSA) is 103 Å². The smallest absolute Gasteiger partial charge is 0.410 e. The van der Waals surface area contributed by atoms with Gasteiger partial charge in [0.25, 0.3) is 0 Å². The summed E-state index contributed by atoms with van der Waals surface area (Å²) in [6, 6.07) is 3.61. The molecule has 1 fully saturated rings. The molecule has 9 nitrogen and oxygen atoms in total. The summed E-state index contributed by atoms with van der Waals surface area (Å²) in [6.45, 7) is 16.6. The van der Waals surface area contributed by atoms with Crippen LogP contribution in [0.4, 0.5) is 4.79 Å². The lowest BCUT2D eigenvalue weighted by molar-refractivity contribution is 0.0147. The number of hydrogen-bond donors (Lipinski definition) is 3. The Hall–Kier alpha value is -2.26. The van der Waals surface area contributed by atoms with Crippen molar-refractivity contribution in [1.29, 1.82) is 0 Å². The highest BCUT2D eigenvalue weighted by atomic mass is 16.6. The van der Waals surface area contributed by atoms with Crippen LogP contribution in [-0.2, 0) is 10.3 Å². The van der Waals surface area contributed by atoms with E-state index in [9.17, 15) is 9.90 Å². The average Bonchev–Trinajstić information content (AvgIpc) is 3.13. The van der Waals surface area contributed by atoms with Crippen molar-refractivity contribution in [1.82, 2.24) is 20.4 Å². The van der Waals surface area contributed by atoms with E-state index in [0.717, 1.165) is 31.9 Å². The quantitative estimate of drug-likeness (QED) is 0.442. The number of aryl methyl sites for hydroxylation is 1. The van der Waals surface area contributed by atoms with Crippen molar-refractivity contribution in [3.05, 3.63) is 23.7 Å². The van der Waals surface area contributed by atoms with Gasteiger partial charge in [0, 0.05) is 45.8 Å². The van der Waals surface area contributed by atoms with Crippen molar-refractivity contribution in [3.63, 3.8) is 0 Å². The fourth-order valence-electron chi connectivity index (χ4n) is 3.19. The van der Waals surface area contributed by atoms with Gasteiger partial charge >= 0.3 is 6.09 Å². The number of aliphatic imine (C=N–C) groups is 1. The molecule has 2 heterocycles. The molecular weight excluding hydrogens is 398 g/mol. The Morgan fingerprint density at radius 2 is 1.87 bits per heavy atom. The Bertz CT molecular complexity index is 731. The molecule has 9 heteroatoms. The Labute approximate surface area is 185 Å². The molecule has 1 aromatic heterocycles. The van der Waals surface area contributed by atoms with Crippen LogP contribution in [-0.4, -0.2) is 84.9 Å². The highest BCUT2D eigenvalue weighted by Crippen LogP contribution is 2.23. The average molecular weight is 438 g/mol. The summed E-state index contributed by atoms with van der Waals surface area (Å²) in [5.41, 5.74) is -1.64. The summed E-state index contributed by atoms with van der Waals surface area (Å²) >= 11 is 0. The SMILES string of the molecule is CCNC(=NCC(C)(O)c1ccc(C)o1)NCCN1CCN(C(=O)OC(C)(C)C)CC1. The molecule has 3 N–H and O–H groups in total. The molecule has 0 spiro atoms. The second-order valence-electron chi connectivity index (χ2n) is 9.12. The van der Waals surface area contributed by atoms with E-state index in [1.54, 1.807) is 17.9 Å². The molecule has 0 saturated carbocycles. The summed E-state index contributed by atoms with van der Waals surface area (Å²) in [5.74, 6) is 1.92. The van der Waals surface area contributed by atoms with Crippen molar-refractivity contribution in [3.8, 4) is 0 Å². The Kier molecular flexibility index (Phi) is 8.76. The highest BCUT2D eigenvalue weighted by molar-refractivity contribution is 5.79. The van der Waals surface area contributed by atoms with Gasteiger partial charge in [-0.15, -0.1) is 0 Å². The predicted octanol–water partition coefficient (Wildman–Crippen LogP) is 1.90. The van der Waals surface area contributed by atoms with Crippen LogP contribution in [0.1, 0.15) is 46.1 Å². The zero-order valence-electron chi connectivity index (χ0n) is 19.8. The van der Waals surface area contributed by atoms with Gasteiger partial charge < -0.3 is 29.8 Å². The van der Waals surface area contributed by atoms with Gasteiger partial charge in [-0.25, -0.2) is 9.79 Å². The number of carbonyl (C=O) groups excluding carboxylic acids is 1. The maximum atomic E-state index is 12.2. The van der Waals surface area contributed by atoms with Gasteiger partial charge in [0.1, 0.15) is 22.7 Å². The van der Waals surface area contributed by atoms with Crippen molar-refractivity contribution in [2.75, 3.05) is 52.4 Å². The first-order valence-corrected chi connectivity index (χ1v) is 11.0. The van der Waals surface area contributed by atoms with Crippen molar-refractivity contribution < 1.29 is 19.1 Å². The van der Waals surface area contributed by atoms with Crippen molar-refractivity contribution >= 4 is 12.1 Å². The minimum Gasteiger partial charge on any atom is -0.463 e. The lowest BCUT2D eigenvalue weighted by Gasteiger charge is -2.35. The summed E-state index contributed by atoms with van der Waals surface area (Å²) in [6.07, 6.45) is -0.245. The minimum atomic E-state index is -1.17. The molecule has 1 saturated heterocycles. The Morgan fingerprint density at radius 3 is 2.42 bits per heavy atom. The van der Waals surface area contributed by atoms with Gasteiger partial charge in [0.15, 0.2) is 5.96 Å². The molecule has 0 radical (unpaired) electrons. The molecule has 31 heavy (non-hydrogen) atoms. The molecule has 176 valence electrons. The third kappa shape index (κ3) is 8.41. The number of aliphatic hydroxyl groups is 1. The van der Waals surface area contributed by atoms with Crippen molar-refractivity contribution in [2.24, 2.45) is 4.99 Å². The van der Waals surface area contributed by atoms with Crippen LogP contribution in [0.2, 0.25) is 0 Å². The number of carbonyl (C=O) groups is 1.